The molecule has 0 aliphatic heterocycles. The van der Waals surface area contributed by atoms with Crippen LogP contribution in [0, 0.1) is 0 Å². The Bertz CT molecular complexity index is 259. The first kappa shape index (κ1) is 8.69. The van der Waals surface area contributed by atoms with E-state index in [1.54, 1.807) is 0 Å². The van der Waals surface area contributed by atoms with Gasteiger partial charge < -0.3 is 20.5 Å². The SMILES string of the molecule is NC(=O)C(O)C(O)c1cnoc1. The Morgan fingerprint density at radius 3 is 2.75 bits per heavy atom. The lowest BCUT2D eigenvalue weighted by atomic mass is 10.1. The van der Waals surface area contributed by atoms with Crippen LogP contribution in [0.1, 0.15) is 11.7 Å². The van der Waals surface area contributed by atoms with E-state index >= 15 is 0 Å². The van der Waals surface area contributed by atoms with Crippen LogP contribution < -0.4 is 5.73 Å². The minimum absolute atomic E-state index is 0.210. The van der Waals surface area contributed by atoms with Gasteiger partial charge in [-0.1, -0.05) is 5.16 Å². The van der Waals surface area contributed by atoms with E-state index in [0.717, 1.165) is 6.26 Å². The van der Waals surface area contributed by atoms with Gasteiger partial charge in [0.25, 0.3) is 0 Å². The Hall–Kier alpha value is -1.40. The lowest BCUT2D eigenvalue weighted by Crippen LogP contribution is -2.33. The highest BCUT2D eigenvalue weighted by atomic mass is 16.5. The Morgan fingerprint density at radius 2 is 2.33 bits per heavy atom. The van der Waals surface area contributed by atoms with Crippen LogP contribution in [-0.4, -0.2) is 27.4 Å². The molecule has 1 aromatic heterocycles. The summed E-state index contributed by atoms with van der Waals surface area (Å²) < 4.78 is 4.39. The number of carbonyl (C=O) groups excluding carboxylic acids is 1. The quantitative estimate of drug-likeness (QED) is 0.517. The predicted molar refractivity (Wildman–Crippen MR) is 36.7 cm³/mol. The molecule has 4 N–H and O–H groups in total. The molecule has 1 heterocycles. The average Bonchev–Trinajstić information content (AvgIpc) is 2.53. The molecule has 0 aliphatic rings. The van der Waals surface area contributed by atoms with Gasteiger partial charge in [0, 0.05) is 5.56 Å². The number of nitrogens with two attached hydrogens (primary N) is 1. The van der Waals surface area contributed by atoms with Crippen LogP contribution in [0.15, 0.2) is 17.0 Å². The van der Waals surface area contributed by atoms with Gasteiger partial charge in [0.1, 0.15) is 12.4 Å². The summed E-state index contributed by atoms with van der Waals surface area (Å²) in [6, 6.07) is 0. The molecule has 0 radical (unpaired) electrons. The molecule has 0 aromatic carbocycles. The van der Waals surface area contributed by atoms with Crippen LogP contribution in [0.5, 0.6) is 0 Å². The fraction of sp³-hybridized carbons (Fsp3) is 0.333. The van der Waals surface area contributed by atoms with Crippen molar-refractivity contribution in [2.45, 2.75) is 12.2 Å². The van der Waals surface area contributed by atoms with Gasteiger partial charge in [-0.25, -0.2) is 0 Å². The van der Waals surface area contributed by atoms with E-state index in [0.29, 0.717) is 0 Å². The largest absolute Gasteiger partial charge is 0.385 e. The van der Waals surface area contributed by atoms with Crippen LogP contribution in [0.4, 0.5) is 0 Å². The fourth-order valence-electron chi connectivity index (χ4n) is 0.697. The fourth-order valence-corrected chi connectivity index (χ4v) is 0.697. The number of hydrogen-bond acceptors (Lipinski definition) is 5. The molecule has 12 heavy (non-hydrogen) atoms. The van der Waals surface area contributed by atoms with Gasteiger partial charge in [-0.3, -0.25) is 4.79 Å². The summed E-state index contributed by atoms with van der Waals surface area (Å²) in [6.45, 7) is 0. The maximum Gasteiger partial charge on any atom is 0.249 e. The molecule has 1 rings (SSSR count). The molecule has 0 bridgehead atoms. The van der Waals surface area contributed by atoms with Crippen molar-refractivity contribution in [3.05, 3.63) is 18.0 Å². The number of nitrogens with zero attached hydrogens (tertiary/aromatic N) is 1. The molecule has 0 saturated heterocycles. The highest BCUT2D eigenvalue weighted by Crippen LogP contribution is 2.15. The van der Waals surface area contributed by atoms with Gasteiger partial charge in [0.05, 0.1) is 6.20 Å². The van der Waals surface area contributed by atoms with Crippen molar-refractivity contribution in [1.82, 2.24) is 5.16 Å². The third-order valence-electron chi connectivity index (χ3n) is 1.38. The molecule has 1 amide bonds. The van der Waals surface area contributed by atoms with E-state index in [1.807, 2.05) is 0 Å². The molecule has 66 valence electrons. The van der Waals surface area contributed by atoms with Crippen molar-refractivity contribution in [1.29, 1.82) is 0 Å². The molecule has 6 heteroatoms. The van der Waals surface area contributed by atoms with Crippen molar-refractivity contribution in [2.75, 3.05) is 0 Å². The number of aromatic nitrogens is 1. The van der Waals surface area contributed by atoms with Crippen LogP contribution in [0.2, 0.25) is 0 Å². The van der Waals surface area contributed by atoms with Crippen molar-refractivity contribution in [3.8, 4) is 0 Å². The molecule has 1 aromatic rings. The summed E-state index contributed by atoms with van der Waals surface area (Å²) in [4.78, 5) is 10.4. The molecule has 6 nitrogen and oxygen atoms in total. The zero-order valence-corrected chi connectivity index (χ0v) is 6.04. The molecular weight excluding hydrogens is 164 g/mol. The van der Waals surface area contributed by atoms with E-state index in [1.165, 1.54) is 6.20 Å². The molecule has 0 aliphatic carbocycles. The van der Waals surface area contributed by atoms with Crippen molar-refractivity contribution in [3.63, 3.8) is 0 Å². The highest BCUT2D eigenvalue weighted by molar-refractivity contribution is 5.79. The second-order valence-corrected chi connectivity index (χ2v) is 2.25. The van der Waals surface area contributed by atoms with Gasteiger partial charge in [-0.15, -0.1) is 0 Å². The minimum Gasteiger partial charge on any atom is -0.385 e. The first-order valence-corrected chi connectivity index (χ1v) is 3.17. The zero-order valence-electron chi connectivity index (χ0n) is 6.04. The molecule has 2 unspecified atom stereocenters. The first-order chi connectivity index (χ1) is 5.63. The molecule has 0 fully saturated rings. The molecule has 2 atom stereocenters. The Kier molecular flexibility index (Phi) is 2.41. The second kappa shape index (κ2) is 3.33. The summed E-state index contributed by atoms with van der Waals surface area (Å²) in [5.74, 6) is -0.997. The highest BCUT2D eigenvalue weighted by Gasteiger charge is 2.24. The number of primary amides is 1. The Balaban J connectivity index is 2.71. The number of aliphatic hydroxyl groups excluding tert-OH is 2. The Labute approximate surface area is 67.6 Å². The van der Waals surface area contributed by atoms with E-state index in [2.05, 4.69) is 9.68 Å². The lowest BCUT2D eigenvalue weighted by Gasteiger charge is -2.11. The van der Waals surface area contributed by atoms with Crippen LogP contribution in [0.25, 0.3) is 0 Å². The van der Waals surface area contributed by atoms with Crippen molar-refractivity contribution < 1.29 is 19.5 Å². The van der Waals surface area contributed by atoms with Gasteiger partial charge >= 0.3 is 0 Å². The third-order valence-corrected chi connectivity index (χ3v) is 1.38. The van der Waals surface area contributed by atoms with E-state index in [4.69, 9.17) is 10.8 Å². The van der Waals surface area contributed by atoms with Crippen molar-refractivity contribution in [2.24, 2.45) is 5.73 Å². The van der Waals surface area contributed by atoms with Crippen LogP contribution >= 0.6 is 0 Å². The summed E-state index contributed by atoms with van der Waals surface area (Å²) >= 11 is 0. The maximum atomic E-state index is 10.4. The van der Waals surface area contributed by atoms with Crippen molar-refractivity contribution >= 4 is 5.91 Å². The zero-order chi connectivity index (χ0) is 9.14. The van der Waals surface area contributed by atoms with E-state index < -0.39 is 18.1 Å². The second-order valence-electron chi connectivity index (χ2n) is 2.25. The van der Waals surface area contributed by atoms with E-state index in [9.17, 15) is 9.90 Å². The number of amides is 1. The van der Waals surface area contributed by atoms with Gasteiger partial charge in [-0.2, -0.15) is 0 Å². The normalized spacial score (nSPS) is 15.5. The van der Waals surface area contributed by atoms with E-state index in [-0.39, 0.29) is 5.56 Å². The lowest BCUT2D eigenvalue weighted by molar-refractivity contribution is -0.131. The molecular formula is C6H8N2O4. The van der Waals surface area contributed by atoms with Gasteiger partial charge in [0.2, 0.25) is 5.91 Å². The summed E-state index contributed by atoms with van der Waals surface area (Å²) in [5.41, 5.74) is 4.95. The van der Waals surface area contributed by atoms with Gasteiger partial charge in [-0.05, 0) is 0 Å². The standard InChI is InChI=1S/C6H8N2O4/c7-6(11)5(10)4(9)3-1-8-12-2-3/h1-2,4-5,9-10H,(H2,7,11). The smallest absolute Gasteiger partial charge is 0.249 e. The van der Waals surface area contributed by atoms with Crippen LogP contribution in [0.3, 0.4) is 0 Å². The summed E-state index contributed by atoms with van der Waals surface area (Å²) in [6.07, 6.45) is -0.702. The predicted octanol–water partition coefficient (Wildman–Crippen LogP) is -1.45. The maximum absolute atomic E-state index is 10.4. The number of aliphatic hydroxyl groups is 2. The number of carbonyl (C=O) groups is 1. The Morgan fingerprint density at radius 1 is 1.67 bits per heavy atom. The summed E-state index contributed by atoms with van der Waals surface area (Å²) in [7, 11) is 0. The monoisotopic (exact) mass is 172 g/mol. The third kappa shape index (κ3) is 1.60. The molecule has 0 saturated carbocycles. The summed E-state index contributed by atoms with van der Waals surface area (Å²) in [5, 5.41) is 21.5. The topological polar surface area (TPSA) is 110 Å². The number of hydrogen-bond donors (Lipinski definition) is 3. The number of rotatable bonds is 3. The first-order valence-electron chi connectivity index (χ1n) is 3.17. The average molecular weight is 172 g/mol. The minimum atomic E-state index is -1.63. The molecule has 0 spiro atoms. The van der Waals surface area contributed by atoms with Gasteiger partial charge in [0.15, 0.2) is 6.10 Å². The van der Waals surface area contributed by atoms with Crippen LogP contribution in [-0.2, 0) is 4.79 Å².